The van der Waals surface area contributed by atoms with Crippen LogP contribution in [0, 0.1) is 5.41 Å². The third-order valence-corrected chi connectivity index (χ3v) is 4.26. The molecule has 0 spiro atoms. The Morgan fingerprint density at radius 3 is 2.38 bits per heavy atom. The molecule has 0 fully saturated rings. The Hall–Kier alpha value is -1.30. The molecule has 0 aliphatic rings. The van der Waals surface area contributed by atoms with Crippen LogP contribution in [0.1, 0.15) is 53.9 Å². The first-order chi connectivity index (χ1) is 9.85. The second kappa shape index (κ2) is 9.60. The van der Waals surface area contributed by atoms with Crippen LogP contribution in [-0.4, -0.2) is 47.5 Å². The minimum Gasteiger partial charge on any atom is -0.409 e. The third kappa shape index (κ3) is 5.91. The molecular weight excluding hydrogens is 268 g/mol. The van der Waals surface area contributed by atoms with Gasteiger partial charge in [-0.3, -0.25) is 4.79 Å². The van der Waals surface area contributed by atoms with Gasteiger partial charge in [0.2, 0.25) is 5.91 Å². The molecule has 0 aliphatic heterocycles. The second-order valence-electron chi connectivity index (χ2n) is 5.71. The van der Waals surface area contributed by atoms with Crippen molar-refractivity contribution in [2.45, 2.75) is 59.9 Å². The van der Waals surface area contributed by atoms with Crippen molar-refractivity contribution in [1.82, 2.24) is 10.2 Å². The quantitative estimate of drug-likeness (QED) is 0.248. The predicted octanol–water partition coefficient (Wildman–Crippen LogP) is 1.78. The van der Waals surface area contributed by atoms with E-state index in [1.54, 1.807) is 6.92 Å². The molecule has 4 N–H and O–H groups in total. The third-order valence-electron chi connectivity index (χ3n) is 4.26. The van der Waals surface area contributed by atoms with E-state index in [9.17, 15) is 4.79 Å². The highest BCUT2D eigenvalue weighted by Gasteiger charge is 2.36. The molecular formula is C15H32N4O2. The Morgan fingerprint density at radius 1 is 1.38 bits per heavy atom. The van der Waals surface area contributed by atoms with Gasteiger partial charge in [-0.15, -0.1) is 0 Å². The number of carbonyl (C=O) groups is 1. The molecule has 0 aromatic carbocycles. The van der Waals surface area contributed by atoms with E-state index in [0.717, 1.165) is 32.5 Å². The van der Waals surface area contributed by atoms with Gasteiger partial charge < -0.3 is 21.2 Å². The van der Waals surface area contributed by atoms with Crippen LogP contribution in [-0.2, 0) is 4.79 Å². The summed E-state index contributed by atoms with van der Waals surface area (Å²) in [6.45, 7) is 13.0. The lowest BCUT2D eigenvalue weighted by Crippen LogP contribution is -2.50. The average Bonchev–Trinajstić information content (AvgIpc) is 2.49. The number of amidine groups is 1. The van der Waals surface area contributed by atoms with Gasteiger partial charge >= 0.3 is 0 Å². The van der Waals surface area contributed by atoms with Crippen molar-refractivity contribution in [1.29, 1.82) is 0 Å². The predicted molar refractivity (Wildman–Crippen MR) is 86.4 cm³/mol. The van der Waals surface area contributed by atoms with Crippen LogP contribution in [0.2, 0.25) is 0 Å². The highest BCUT2D eigenvalue weighted by molar-refractivity contribution is 6.06. The van der Waals surface area contributed by atoms with Crippen molar-refractivity contribution < 1.29 is 10.0 Å². The van der Waals surface area contributed by atoms with E-state index in [1.165, 1.54) is 0 Å². The molecule has 0 rings (SSSR count). The first-order valence-corrected chi connectivity index (χ1v) is 7.86. The minimum absolute atomic E-state index is 0.0437. The molecule has 0 aromatic heterocycles. The van der Waals surface area contributed by atoms with Gasteiger partial charge in [-0.2, -0.15) is 0 Å². The summed E-state index contributed by atoms with van der Waals surface area (Å²) in [7, 11) is 0. The fourth-order valence-corrected chi connectivity index (χ4v) is 2.18. The molecule has 21 heavy (non-hydrogen) atoms. The summed E-state index contributed by atoms with van der Waals surface area (Å²) in [5, 5.41) is 14.8. The smallest absolute Gasteiger partial charge is 0.233 e. The van der Waals surface area contributed by atoms with Crippen LogP contribution in [0.15, 0.2) is 5.16 Å². The number of rotatable bonds is 10. The zero-order chi connectivity index (χ0) is 16.5. The Bertz CT molecular complexity index is 343. The average molecular weight is 300 g/mol. The number of carbonyl (C=O) groups excluding carboxylic acids is 1. The fraction of sp³-hybridized carbons (Fsp3) is 0.867. The molecule has 0 bridgehead atoms. The molecule has 0 aromatic rings. The Labute approximate surface area is 128 Å². The molecule has 0 aliphatic carbocycles. The highest BCUT2D eigenvalue weighted by atomic mass is 16.4. The van der Waals surface area contributed by atoms with Gasteiger partial charge in [0.1, 0.15) is 5.41 Å². The summed E-state index contributed by atoms with van der Waals surface area (Å²) >= 11 is 0. The van der Waals surface area contributed by atoms with Crippen LogP contribution in [0.3, 0.4) is 0 Å². The van der Waals surface area contributed by atoms with Crippen LogP contribution in [0.5, 0.6) is 0 Å². The molecule has 124 valence electrons. The minimum atomic E-state index is -0.956. The normalized spacial score (nSPS) is 16.6. The van der Waals surface area contributed by atoms with Crippen molar-refractivity contribution in [3.8, 4) is 0 Å². The molecule has 0 radical (unpaired) electrons. The van der Waals surface area contributed by atoms with Crippen molar-refractivity contribution in [2.75, 3.05) is 19.6 Å². The number of nitrogens with two attached hydrogens (primary N) is 1. The van der Waals surface area contributed by atoms with E-state index in [0.29, 0.717) is 6.42 Å². The molecule has 0 heterocycles. The van der Waals surface area contributed by atoms with Gasteiger partial charge in [0, 0.05) is 6.04 Å². The Kier molecular flexibility index (Phi) is 9.01. The van der Waals surface area contributed by atoms with Crippen LogP contribution in [0.25, 0.3) is 0 Å². The van der Waals surface area contributed by atoms with E-state index in [2.05, 4.69) is 29.2 Å². The number of oxime groups is 1. The van der Waals surface area contributed by atoms with Gasteiger partial charge in [-0.05, 0) is 52.7 Å². The number of nitrogens with one attached hydrogen (secondary N) is 1. The Morgan fingerprint density at radius 2 is 1.95 bits per heavy atom. The topological polar surface area (TPSA) is 91.0 Å². The molecule has 2 unspecified atom stereocenters. The number of hydrogen-bond donors (Lipinski definition) is 3. The SMILES string of the molecule is CCN(CC)CCCC(C)NC(=O)C(C)(CC)C(N)=NO. The van der Waals surface area contributed by atoms with Crippen molar-refractivity contribution in [3.05, 3.63) is 0 Å². The summed E-state index contributed by atoms with van der Waals surface area (Å²) in [5.41, 5.74) is 4.69. The lowest BCUT2D eigenvalue weighted by atomic mass is 9.85. The second-order valence-corrected chi connectivity index (χ2v) is 5.71. The first kappa shape index (κ1) is 19.7. The zero-order valence-corrected chi connectivity index (χ0v) is 14.1. The lowest BCUT2D eigenvalue weighted by molar-refractivity contribution is -0.127. The summed E-state index contributed by atoms with van der Waals surface area (Å²) in [5.74, 6) is -0.228. The van der Waals surface area contributed by atoms with E-state index < -0.39 is 5.41 Å². The molecule has 6 nitrogen and oxygen atoms in total. The monoisotopic (exact) mass is 300 g/mol. The van der Waals surface area contributed by atoms with E-state index >= 15 is 0 Å². The molecule has 1 amide bonds. The fourth-order valence-electron chi connectivity index (χ4n) is 2.18. The van der Waals surface area contributed by atoms with Gasteiger partial charge in [-0.25, -0.2) is 0 Å². The maximum atomic E-state index is 12.3. The van der Waals surface area contributed by atoms with Crippen LogP contribution >= 0.6 is 0 Å². The zero-order valence-electron chi connectivity index (χ0n) is 14.1. The van der Waals surface area contributed by atoms with Crippen LogP contribution < -0.4 is 11.1 Å². The van der Waals surface area contributed by atoms with Gasteiger partial charge in [0.05, 0.1) is 0 Å². The van der Waals surface area contributed by atoms with Gasteiger partial charge in [-0.1, -0.05) is 25.9 Å². The number of amides is 1. The maximum Gasteiger partial charge on any atom is 0.233 e. The molecule has 0 saturated heterocycles. The Balaban J connectivity index is 4.37. The van der Waals surface area contributed by atoms with Crippen LogP contribution in [0.4, 0.5) is 0 Å². The number of hydrogen-bond acceptors (Lipinski definition) is 4. The largest absolute Gasteiger partial charge is 0.409 e. The molecule has 0 saturated carbocycles. The van der Waals surface area contributed by atoms with E-state index in [1.807, 2.05) is 13.8 Å². The lowest BCUT2D eigenvalue weighted by Gasteiger charge is -2.27. The summed E-state index contributed by atoms with van der Waals surface area (Å²) in [4.78, 5) is 14.7. The van der Waals surface area contributed by atoms with Crippen molar-refractivity contribution >= 4 is 11.7 Å². The summed E-state index contributed by atoms with van der Waals surface area (Å²) in [6.07, 6.45) is 2.44. The first-order valence-electron chi connectivity index (χ1n) is 7.86. The van der Waals surface area contributed by atoms with E-state index in [-0.39, 0.29) is 17.8 Å². The standard InChI is InChI=1S/C15H32N4O2/c1-6-15(5,13(16)18-21)14(20)17-12(4)10-9-11-19(7-2)8-3/h12,21H,6-11H2,1-5H3,(H2,16,18)(H,17,20). The van der Waals surface area contributed by atoms with Crippen molar-refractivity contribution in [3.63, 3.8) is 0 Å². The molecule has 2 atom stereocenters. The highest BCUT2D eigenvalue weighted by Crippen LogP contribution is 2.22. The summed E-state index contributed by atoms with van der Waals surface area (Å²) in [6, 6.07) is 0.0745. The maximum absolute atomic E-state index is 12.3. The van der Waals surface area contributed by atoms with Crippen molar-refractivity contribution in [2.24, 2.45) is 16.3 Å². The van der Waals surface area contributed by atoms with Gasteiger partial charge in [0.25, 0.3) is 0 Å². The van der Waals surface area contributed by atoms with E-state index in [4.69, 9.17) is 10.9 Å². The summed E-state index contributed by atoms with van der Waals surface area (Å²) < 4.78 is 0. The molecule has 6 heteroatoms. The van der Waals surface area contributed by atoms with Gasteiger partial charge in [0.15, 0.2) is 5.84 Å². The number of nitrogens with zero attached hydrogens (tertiary/aromatic N) is 2.